The summed E-state index contributed by atoms with van der Waals surface area (Å²) in [6, 6.07) is 16.0. The molecule has 2 aromatic carbocycles. The molecule has 0 bridgehead atoms. The fraction of sp³-hybridized carbons (Fsp3) is 0.174. The van der Waals surface area contributed by atoms with Gasteiger partial charge in [-0.3, -0.25) is 9.59 Å². The Morgan fingerprint density at radius 1 is 1.06 bits per heavy atom. The largest absolute Gasteiger partial charge is 0.347 e. The van der Waals surface area contributed by atoms with Gasteiger partial charge >= 0.3 is 0 Å². The summed E-state index contributed by atoms with van der Waals surface area (Å²) >= 11 is 0. The second-order valence-corrected chi connectivity index (χ2v) is 7.37. The molecule has 3 rings (SSSR count). The lowest BCUT2D eigenvalue weighted by Crippen LogP contribution is -2.35. The summed E-state index contributed by atoms with van der Waals surface area (Å²) in [6.45, 7) is 3.71. The van der Waals surface area contributed by atoms with Gasteiger partial charge in [-0.25, -0.2) is 14.4 Å². The van der Waals surface area contributed by atoms with Crippen LogP contribution in [0.15, 0.2) is 60.9 Å². The predicted molar refractivity (Wildman–Crippen MR) is 112 cm³/mol. The number of rotatable bonds is 6. The van der Waals surface area contributed by atoms with Crippen molar-refractivity contribution in [3.05, 3.63) is 89.1 Å². The normalized spacial score (nSPS) is 10.8. The van der Waals surface area contributed by atoms with Crippen LogP contribution in [-0.2, 0) is 16.8 Å². The van der Waals surface area contributed by atoms with Crippen molar-refractivity contribution in [2.45, 2.75) is 25.8 Å². The van der Waals surface area contributed by atoms with E-state index >= 15 is 0 Å². The van der Waals surface area contributed by atoms with Crippen molar-refractivity contribution < 1.29 is 14.0 Å². The van der Waals surface area contributed by atoms with Crippen molar-refractivity contribution in [3.63, 3.8) is 0 Å². The molecule has 0 aliphatic rings. The third kappa shape index (κ3) is 5.28. The average Bonchev–Trinajstić information content (AvgIpc) is 2.78. The Morgan fingerprint density at radius 2 is 1.74 bits per heavy atom. The second-order valence-electron chi connectivity index (χ2n) is 7.37. The van der Waals surface area contributed by atoms with Crippen LogP contribution >= 0.6 is 0 Å². The van der Waals surface area contributed by atoms with Gasteiger partial charge in [-0.05, 0) is 49.2 Å². The molecule has 0 atom stereocenters. The van der Waals surface area contributed by atoms with E-state index in [4.69, 9.17) is 5.26 Å². The number of benzene rings is 2. The highest BCUT2D eigenvalue weighted by Crippen LogP contribution is 2.25. The zero-order valence-corrected chi connectivity index (χ0v) is 17.0. The van der Waals surface area contributed by atoms with E-state index in [1.165, 1.54) is 24.5 Å². The minimum Gasteiger partial charge on any atom is -0.347 e. The first-order valence-electron chi connectivity index (χ1n) is 9.46. The van der Waals surface area contributed by atoms with Crippen LogP contribution in [-0.4, -0.2) is 21.8 Å². The van der Waals surface area contributed by atoms with E-state index in [9.17, 15) is 14.0 Å². The molecule has 0 aliphatic carbocycles. The zero-order chi connectivity index (χ0) is 22.4. The van der Waals surface area contributed by atoms with Crippen molar-refractivity contribution in [1.29, 1.82) is 5.26 Å². The standard InChI is InChI=1S/C23H20FN5O2/c1-23(2,17-7-3-15(12-25)4-8-17)22(31)29-20-11-19(27-14-28-20)21(30)26-13-16-5-9-18(24)10-6-16/h3-11,14H,13H2,1-2H3,(H,26,30)(H,27,28,29,31). The number of nitrogens with zero attached hydrogens (tertiary/aromatic N) is 3. The maximum absolute atomic E-state index is 13.0. The Hall–Kier alpha value is -4.12. The molecular formula is C23H20FN5O2. The third-order valence-corrected chi connectivity index (χ3v) is 4.81. The summed E-state index contributed by atoms with van der Waals surface area (Å²) in [5.41, 5.74) is 1.16. The highest BCUT2D eigenvalue weighted by molar-refractivity contribution is 5.99. The Morgan fingerprint density at radius 3 is 2.39 bits per heavy atom. The first kappa shape index (κ1) is 21.6. The maximum Gasteiger partial charge on any atom is 0.270 e. The van der Waals surface area contributed by atoms with E-state index in [1.54, 1.807) is 50.2 Å². The molecule has 156 valence electrons. The van der Waals surface area contributed by atoms with Gasteiger partial charge < -0.3 is 10.6 Å². The van der Waals surface area contributed by atoms with Crippen LogP contribution < -0.4 is 10.6 Å². The Bertz CT molecular complexity index is 1140. The van der Waals surface area contributed by atoms with Gasteiger partial charge in [0.1, 0.15) is 23.7 Å². The lowest BCUT2D eigenvalue weighted by molar-refractivity contribution is -0.120. The summed E-state index contributed by atoms with van der Waals surface area (Å²) in [4.78, 5) is 33.2. The molecule has 31 heavy (non-hydrogen) atoms. The molecular weight excluding hydrogens is 397 g/mol. The van der Waals surface area contributed by atoms with Gasteiger partial charge in [-0.2, -0.15) is 5.26 Å². The number of carbonyl (C=O) groups excluding carboxylic acids is 2. The van der Waals surface area contributed by atoms with Crippen LogP contribution in [0.5, 0.6) is 0 Å². The van der Waals surface area contributed by atoms with Crippen molar-refractivity contribution in [2.24, 2.45) is 0 Å². The molecule has 0 saturated carbocycles. The molecule has 0 saturated heterocycles. The number of nitrogens with one attached hydrogen (secondary N) is 2. The monoisotopic (exact) mass is 417 g/mol. The number of carbonyl (C=O) groups is 2. The van der Waals surface area contributed by atoms with Gasteiger partial charge in [-0.15, -0.1) is 0 Å². The molecule has 2 N–H and O–H groups in total. The number of halogens is 1. The second kappa shape index (κ2) is 9.13. The number of hydrogen-bond donors (Lipinski definition) is 2. The molecule has 0 unspecified atom stereocenters. The molecule has 0 radical (unpaired) electrons. The molecule has 0 spiro atoms. The number of aromatic nitrogens is 2. The van der Waals surface area contributed by atoms with Gasteiger partial charge in [0.2, 0.25) is 5.91 Å². The van der Waals surface area contributed by atoms with Crippen molar-refractivity contribution >= 4 is 17.6 Å². The van der Waals surface area contributed by atoms with E-state index < -0.39 is 11.3 Å². The van der Waals surface area contributed by atoms with Crippen LogP contribution in [0, 0.1) is 17.1 Å². The summed E-state index contributed by atoms with van der Waals surface area (Å²) in [6.07, 6.45) is 1.19. The Labute approximate surface area is 179 Å². The summed E-state index contributed by atoms with van der Waals surface area (Å²) in [7, 11) is 0. The van der Waals surface area contributed by atoms with Gasteiger partial charge in [0.25, 0.3) is 5.91 Å². The maximum atomic E-state index is 13.0. The van der Waals surface area contributed by atoms with Crippen molar-refractivity contribution in [2.75, 3.05) is 5.32 Å². The topological polar surface area (TPSA) is 108 Å². The molecule has 0 aliphatic heterocycles. The van der Waals surface area contributed by atoms with Gasteiger partial charge in [0.05, 0.1) is 17.0 Å². The van der Waals surface area contributed by atoms with E-state index in [1.807, 2.05) is 6.07 Å². The minimum atomic E-state index is -0.899. The lowest BCUT2D eigenvalue weighted by Gasteiger charge is -2.24. The van der Waals surface area contributed by atoms with E-state index in [2.05, 4.69) is 20.6 Å². The first-order chi connectivity index (χ1) is 14.8. The molecule has 0 fully saturated rings. The Kier molecular flexibility index (Phi) is 6.36. The van der Waals surface area contributed by atoms with Crippen molar-refractivity contribution in [3.8, 4) is 6.07 Å². The number of amides is 2. The number of hydrogen-bond acceptors (Lipinski definition) is 5. The fourth-order valence-corrected chi connectivity index (χ4v) is 2.79. The molecule has 1 heterocycles. The van der Waals surface area contributed by atoms with Crippen LogP contribution in [0.25, 0.3) is 0 Å². The van der Waals surface area contributed by atoms with E-state index in [0.29, 0.717) is 5.56 Å². The van der Waals surface area contributed by atoms with Gasteiger partial charge in [-0.1, -0.05) is 24.3 Å². The average molecular weight is 417 g/mol. The van der Waals surface area contributed by atoms with Crippen LogP contribution in [0.1, 0.15) is 41.0 Å². The Balaban J connectivity index is 1.67. The minimum absolute atomic E-state index is 0.0867. The first-order valence-corrected chi connectivity index (χ1v) is 9.46. The molecule has 7 nitrogen and oxygen atoms in total. The zero-order valence-electron chi connectivity index (χ0n) is 17.0. The molecule has 3 aromatic rings. The molecule has 2 amide bonds. The summed E-state index contributed by atoms with van der Waals surface area (Å²) < 4.78 is 13.0. The lowest BCUT2D eigenvalue weighted by atomic mass is 9.83. The third-order valence-electron chi connectivity index (χ3n) is 4.81. The SMILES string of the molecule is CC(C)(C(=O)Nc1cc(C(=O)NCc2ccc(F)cc2)ncn1)c1ccc(C#N)cc1. The number of nitriles is 1. The highest BCUT2D eigenvalue weighted by atomic mass is 19.1. The van der Waals surface area contributed by atoms with E-state index in [-0.39, 0.29) is 29.8 Å². The summed E-state index contributed by atoms with van der Waals surface area (Å²) in [5, 5.41) is 14.3. The van der Waals surface area contributed by atoms with E-state index in [0.717, 1.165) is 11.1 Å². The van der Waals surface area contributed by atoms with Gasteiger partial charge in [0, 0.05) is 12.6 Å². The predicted octanol–water partition coefficient (Wildman–Crippen LogP) is 3.33. The molecule has 8 heteroatoms. The van der Waals surface area contributed by atoms with Crippen molar-refractivity contribution in [1.82, 2.24) is 15.3 Å². The van der Waals surface area contributed by atoms with Gasteiger partial charge in [0.15, 0.2) is 0 Å². The molecule has 1 aromatic heterocycles. The smallest absolute Gasteiger partial charge is 0.270 e. The highest BCUT2D eigenvalue weighted by Gasteiger charge is 2.30. The summed E-state index contributed by atoms with van der Waals surface area (Å²) in [5.74, 6) is -0.939. The van der Waals surface area contributed by atoms with Crippen LogP contribution in [0.3, 0.4) is 0 Å². The number of anilines is 1. The fourth-order valence-electron chi connectivity index (χ4n) is 2.79. The van der Waals surface area contributed by atoms with Crippen LogP contribution in [0.2, 0.25) is 0 Å². The quantitative estimate of drug-likeness (QED) is 0.640. The van der Waals surface area contributed by atoms with Crippen LogP contribution in [0.4, 0.5) is 10.2 Å².